The molecule has 27 heavy (non-hydrogen) atoms. The molecule has 1 atom stereocenters. The molecule has 0 saturated heterocycles. The zero-order valence-electron chi connectivity index (χ0n) is 15.8. The van der Waals surface area contributed by atoms with Crippen LogP contribution in [0.1, 0.15) is 52.4 Å². The number of aromatic nitrogens is 2. The lowest BCUT2D eigenvalue weighted by molar-refractivity contribution is -0.119. The molecule has 3 N–H and O–H groups in total. The molecule has 4 aliphatic carbocycles. The first-order chi connectivity index (χ1) is 12.9. The number of carbonyl (C=O) groups is 2. The molecule has 4 aliphatic rings. The number of hydrogen-bond acceptors (Lipinski definition) is 7. The number of anilines is 1. The Bertz CT molecular complexity index is 687. The van der Waals surface area contributed by atoms with Crippen LogP contribution in [0.3, 0.4) is 0 Å². The zero-order chi connectivity index (χ0) is 19.0. The van der Waals surface area contributed by atoms with Crippen molar-refractivity contribution in [1.29, 1.82) is 0 Å². The summed E-state index contributed by atoms with van der Waals surface area (Å²) < 4.78 is 0.718. The standard InChI is InChI=1S/C18H27N5O2S2/c1-3-19-16-22-23-17(27-16)26-10(2)14(24)20-15(25)21-18-7-11-4-12(8-18)6-13(5-11)9-18/h10-13H,3-9H2,1-2H3,(H,19,22)(H2,20,21,24,25)/t10-,11?,12?,13?,18?/m0/s1. The van der Waals surface area contributed by atoms with Crippen molar-refractivity contribution in [3.05, 3.63) is 0 Å². The Morgan fingerprint density at radius 1 is 1.19 bits per heavy atom. The maximum absolute atomic E-state index is 12.5. The number of imide groups is 1. The Labute approximate surface area is 167 Å². The van der Waals surface area contributed by atoms with Crippen LogP contribution in [0.15, 0.2) is 4.34 Å². The van der Waals surface area contributed by atoms with Gasteiger partial charge in [0.2, 0.25) is 11.0 Å². The number of hydrogen-bond donors (Lipinski definition) is 3. The van der Waals surface area contributed by atoms with E-state index in [1.54, 1.807) is 6.92 Å². The van der Waals surface area contributed by atoms with E-state index in [-0.39, 0.29) is 17.5 Å². The van der Waals surface area contributed by atoms with Gasteiger partial charge in [0, 0.05) is 12.1 Å². The van der Waals surface area contributed by atoms with E-state index in [2.05, 4.69) is 26.1 Å². The second kappa shape index (κ2) is 7.58. The second-order valence-electron chi connectivity index (χ2n) is 8.30. The van der Waals surface area contributed by atoms with E-state index in [1.165, 1.54) is 42.4 Å². The van der Waals surface area contributed by atoms with Crippen molar-refractivity contribution in [1.82, 2.24) is 20.8 Å². The van der Waals surface area contributed by atoms with Gasteiger partial charge in [0.05, 0.1) is 5.25 Å². The van der Waals surface area contributed by atoms with Crippen LogP contribution in [0.2, 0.25) is 0 Å². The number of nitrogens with zero attached hydrogens (tertiary/aromatic N) is 2. The Morgan fingerprint density at radius 3 is 2.41 bits per heavy atom. The summed E-state index contributed by atoms with van der Waals surface area (Å²) >= 11 is 2.74. The minimum atomic E-state index is -0.408. The van der Waals surface area contributed by atoms with Gasteiger partial charge in [0.1, 0.15) is 0 Å². The third kappa shape index (κ3) is 4.23. The molecule has 0 aliphatic heterocycles. The first-order valence-electron chi connectivity index (χ1n) is 9.82. The molecule has 0 unspecified atom stereocenters. The van der Waals surface area contributed by atoms with Crippen LogP contribution < -0.4 is 16.0 Å². The van der Waals surface area contributed by atoms with E-state index in [4.69, 9.17) is 0 Å². The Kier molecular flexibility index (Phi) is 5.33. The molecular formula is C18H27N5O2S2. The predicted molar refractivity (Wildman–Crippen MR) is 107 cm³/mol. The lowest BCUT2D eigenvalue weighted by Gasteiger charge is -2.56. The van der Waals surface area contributed by atoms with E-state index in [9.17, 15) is 9.59 Å². The maximum atomic E-state index is 12.5. The van der Waals surface area contributed by atoms with Crippen LogP contribution in [0.5, 0.6) is 0 Å². The van der Waals surface area contributed by atoms with Crippen LogP contribution in [0.4, 0.5) is 9.93 Å². The monoisotopic (exact) mass is 409 g/mol. The summed E-state index contributed by atoms with van der Waals surface area (Å²) in [4.78, 5) is 24.9. The van der Waals surface area contributed by atoms with Crippen molar-refractivity contribution < 1.29 is 9.59 Å². The minimum Gasteiger partial charge on any atom is -0.360 e. The fourth-order valence-electron chi connectivity index (χ4n) is 5.43. The molecule has 4 bridgehead atoms. The number of carbonyl (C=O) groups excluding carboxylic acids is 2. The van der Waals surface area contributed by atoms with Gasteiger partial charge in [-0.15, -0.1) is 10.2 Å². The fraction of sp³-hybridized carbons (Fsp3) is 0.778. The highest BCUT2D eigenvalue weighted by molar-refractivity contribution is 8.02. The number of nitrogens with one attached hydrogen (secondary N) is 3. The summed E-state index contributed by atoms with van der Waals surface area (Å²) in [5.74, 6) is 1.97. The average Bonchev–Trinajstić information content (AvgIpc) is 3.00. The molecule has 3 amide bonds. The van der Waals surface area contributed by atoms with E-state index in [0.29, 0.717) is 0 Å². The molecule has 4 fully saturated rings. The highest BCUT2D eigenvalue weighted by Gasteiger charge is 2.51. The van der Waals surface area contributed by atoms with Crippen LogP contribution in [0.25, 0.3) is 0 Å². The summed E-state index contributed by atoms with van der Waals surface area (Å²) in [6.07, 6.45) is 7.19. The van der Waals surface area contributed by atoms with Gasteiger partial charge in [-0.05, 0) is 70.1 Å². The van der Waals surface area contributed by atoms with Gasteiger partial charge in [-0.2, -0.15) is 0 Å². The van der Waals surface area contributed by atoms with Gasteiger partial charge in [0.15, 0.2) is 4.34 Å². The van der Waals surface area contributed by atoms with Crippen molar-refractivity contribution in [3.8, 4) is 0 Å². The Hall–Kier alpha value is -1.35. The Morgan fingerprint density at radius 2 is 1.81 bits per heavy atom. The van der Waals surface area contributed by atoms with Gasteiger partial charge < -0.3 is 10.6 Å². The molecule has 0 spiro atoms. The van der Waals surface area contributed by atoms with Gasteiger partial charge >= 0.3 is 6.03 Å². The van der Waals surface area contributed by atoms with Crippen molar-refractivity contribution in [2.75, 3.05) is 11.9 Å². The van der Waals surface area contributed by atoms with Gasteiger partial charge in [-0.3, -0.25) is 10.1 Å². The maximum Gasteiger partial charge on any atom is 0.321 e. The first-order valence-corrected chi connectivity index (χ1v) is 11.5. The number of amides is 3. The number of thioether (sulfide) groups is 1. The Balaban J connectivity index is 1.29. The molecule has 0 radical (unpaired) electrons. The lowest BCUT2D eigenvalue weighted by Crippen LogP contribution is -2.62. The molecule has 1 heterocycles. The molecule has 0 aromatic carbocycles. The molecule has 9 heteroatoms. The van der Waals surface area contributed by atoms with Gasteiger partial charge in [0.25, 0.3) is 0 Å². The molecular weight excluding hydrogens is 382 g/mol. The van der Waals surface area contributed by atoms with E-state index in [0.717, 1.165) is 53.0 Å². The smallest absolute Gasteiger partial charge is 0.321 e. The number of rotatable bonds is 6. The molecule has 4 saturated carbocycles. The van der Waals surface area contributed by atoms with Crippen LogP contribution >= 0.6 is 23.1 Å². The quantitative estimate of drug-likeness (QED) is 0.624. The molecule has 1 aromatic heterocycles. The number of urea groups is 1. The highest BCUT2D eigenvalue weighted by Crippen LogP contribution is 2.55. The van der Waals surface area contributed by atoms with E-state index >= 15 is 0 Å². The highest BCUT2D eigenvalue weighted by atomic mass is 32.2. The summed E-state index contributed by atoms with van der Waals surface area (Å²) in [5, 5.41) is 17.3. The van der Waals surface area contributed by atoms with Gasteiger partial charge in [-0.1, -0.05) is 23.1 Å². The van der Waals surface area contributed by atoms with Crippen molar-refractivity contribution >= 4 is 40.2 Å². The summed E-state index contributed by atoms with van der Waals surface area (Å²) in [6.45, 7) is 4.55. The third-order valence-corrected chi connectivity index (χ3v) is 8.10. The third-order valence-electron chi connectivity index (χ3n) is 6.03. The van der Waals surface area contributed by atoms with Crippen LogP contribution in [-0.4, -0.2) is 39.5 Å². The van der Waals surface area contributed by atoms with Crippen molar-refractivity contribution in [3.63, 3.8) is 0 Å². The van der Waals surface area contributed by atoms with Crippen molar-refractivity contribution in [2.24, 2.45) is 17.8 Å². The summed E-state index contributed by atoms with van der Waals surface area (Å²) in [5.41, 5.74) is -0.0879. The molecule has 148 valence electrons. The average molecular weight is 410 g/mol. The van der Waals surface area contributed by atoms with Crippen LogP contribution in [-0.2, 0) is 4.79 Å². The SMILES string of the molecule is CCNc1nnc(S[C@@H](C)C(=O)NC(=O)NC23CC4CC(CC(C4)C2)C3)s1. The molecule has 5 rings (SSSR count). The lowest BCUT2D eigenvalue weighted by atomic mass is 9.53. The predicted octanol–water partition coefficient (Wildman–Crippen LogP) is 3.25. The largest absolute Gasteiger partial charge is 0.360 e. The topological polar surface area (TPSA) is 96.0 Å². The molecule has 1 aromatic rings. The van der Waals surface area contributed by atoms with E-state index in [1.807, 2.05) is 6.92 Å². The summed E-state index contributed by atoms with van der Waals surface area (Å²) in [6, 6.07) is -0.347. The minimum absolute atomic E-state index is 0.0879. The summed E-state index contributed by atoms with van der Waals surface area (Å²) in [7, 11) is 0. The molecule has 7 nitrogen and oxygen atoms in total. The van der Waals surface area contributed by atoms with Crippen LogP contribution in [0, 0.1) is 17.8 Å². The zero-order valence-corrected chi connectivity index (χ0v) is 17.4. The second-order valence-corrected chi connectivity index (χ2v) is 10.9. The van der Waals surface area contributed by atoms with E-state index < -0.39 is 5.25 Å². The van der Waals surface area contributed by atoms with Crippen molar-refractivity contribution in [2.45, 2.75) is 67.5 Å². The fourth-order valence-corrected chi connectivity index (χ4v) is 7.40. The first kappa shape index (κ1) is 19.0. The van der Waals surface area contributed by atoms with Gasteiger partial charge in [-0.25, -0.2) is 4.79 Å². The normalized spacial score (nSPS) is 32.1.